The number of aliphatic carboxylic acids is 1. The fourth-order valence-electron chi connectivity index (χ4n) is 1.58. The smallest absolute Gasteiger partial charge is 0.337 e. The number of hydrogen-bond acceptors (Lipinski definition) is 4. The van der Waals surface area contributed by atoms with Crippen LogP contribution in [0.5, 0.6) is 11.5 Å². The Morgan fingerprint density at radius 1 is 1.56 bits per heavy atom. The lowest BCUT2D eigenvalue weighted by atomic mass is 10.0. The van der Waals surface area contributed by atoms with Gasteiger partial charge >= 0.3 is 5.97 Å². The minimum atomic E-state index is -1.62. The molecular weight excluding hydrogens is 280 g/mol. The third-order valence-electron chi connectivity index (χ3n) is 2.41. The van der Waals surface area contributed by atoms with Crippen molar-refractivity contribution >= 4 is 21.9 Å². The first-order valence-corrected chi connectivity index (χ1v) is 5.31. The normalized spacial score (nSPS) is 14.9. The molecule has 0 bridgehead atoms. The molecule has 1 aliphatic rings. The second-order valence-electron chi connectivity index (χ2n) is 3.37. The molecule has 1 aromatic rings. The molecule has 0 spiro atoms. The van der Waals surface area contributed by atoms with Crippen LogP contribution in [0.3, 0.4) is 0 Å². The molecule has 6 heteroatoms. The van der Waals surface area contributed by atoms with E-state index in [1.165, 1.54) is 0 Å². The molecule has 16 heavy (non-hydrogen) atoms. The van der Waals surface area contributed by atoms with Crippen molar-refractivity contribution < 1.29 is 24.5 Å². The summed E-state index contributed by atoms with van der Waals surface area (Å²) in [7, 11) is 0. The van der Waals surface area contributed by atoms with Crippen LogP contribution in [-0.4, -0.2) is 23.0 Å². The van der Waals surface area contributed by atoms with Gasteiger partial charge in [-0.15, -0.1) is 0 Å². The molecule has 1 atom stereocenters. The topological polar surface area (TPSA) is 76.0 Å². The van der Waals surface area contributed by atoms with Gasteiger partial charge in [0.15, 0.2) is 17.6 Å². The Labute approximate surface area is 99.7 Å². The van der Waals surface area contributed by atoms with Crippen LogP contribution in [0.15, 0.2) is 10.5 Å². The zero-order chi connectivity index (χ0) is 11.9. The van der Waals surface area contributed by atoms with E-state index in [1.54, 1.807) is 13.0 Å². The summed E-state index contributed by atoms with van der Waals surface area (Å²) in [6.45, 7) is 1.73. The number of hydrogen-bond donors (Lipinski definition) is 2. The summed E-state index contributed by atoms with van der Waals surface area (Å²) in [4.78, 5) is 10.8. The molecule has 0 fully saturated rings. The highest BCUT2D eigenvalue weighted by atomic mass is 79.9. The average Bonchev–Trinajstić information content (AvgIpc) is 2.66. The van der Waals surface area contributed by atoms with Gasteiger partial charge in [-0.25, -0.2) is 4.79 Å². The van der Waals surface area contributed by atoms with Crippen LogP contribution in [0.2, 0.25) is 0 Å². The molecule has 0 saturated heterocycles. The fourth-order valence-corrected chi connectivity index (χ4v) is 2.00. The quantitative estimate of drug-likeness (QED) is 0.865. The molecule has 0 saturated carbocycles. The van der Waals surface area contributed by atoms with Crippen LogP contribution >= 0.6 is 15.9 Å². The third-order valence-corrected chi connectivity index (χ3v) is 3.24. The van der Waals surface area contributed by atoms with Gasteiger partial charge in [0.1, 0.15) is 0 Å². The first kappa shape index (κ1) is 11.2. The summed E-state index contributed by atoms with van der Waals surface area (Å²) < 4.78 is 11.0. The molecule has 1 aliphatic heterocycles. The SMILES string of the molecule is Cc1c(Br)cc2c(c1C(O)C(=O)O)OCO2. The van der Waals surface area contributed by atoms with Gasteiger partial charge < -0.3 is 19.7 Å². The lowest BCUT2D eigenvalue weighted by Gasteiger charge is -2.13. The van der Waals surface area contributed by atoms with Gasteiger partial charge in [-0.1, -0.05) is 15.9 Å². The van der Waals surface area contributed by atoms with Crippen molar-refractivity contribution in [2.45, 2.75) is 13.0 Å². The molecule has 0 amide bonds. The molecule has 1 aromatic carbocycles. The van der Waals surface area contributed by atoms with Gasteiger partial charge in [0.05, 0.1) is 0 Å². The monoisotopic (exact) mass is 288 g/mol. The van der Waals surface area contributed by atoms with Crippen molar-refractivity contribution in [1.82, 2.24) is 0 Å². The lowest BCUT2D eigenvalue weighted by molar-refractivity contribution is -0.147. The molecule has 1 unspecified atom stereocenters. The van der Waals surface area contributed by atoms with Gasteiger partial charge in [0.25, 0.3) is 0 Å². The average molecular weight is 289 g/mol. The zero-order valence-corrected chi connectivity index (χ0v) is 9.94. The van der Waals surface area contributed by atoms with Crippen LogP contribution in [-0.2, 0) is 4.79 Å². The predicted octanol–water partition coefficient (Wildman–Crippen LogP) is 1.60. The maximum absolute atomic E-state index is 10.8. The number of carboxylic acid groups (broad SMARTS) is 1. The van der Waals surface area contributed by atoms with Gasteiger partial charge in [-0.05, 0) is 18.6 Å². The van der Waals surface area contributed by atoms with Crippen molar-refractivity contribution in [2.75, 3.05) is 6.79 Å². The molecule has 5 nitrogen and oxygen atoms in total. The number of benzene rings is 1. The number of aliphatic hydroxyl groups is 1. The second kappa shape index (κ2) is 3.95. The van der Waals surface area contributed by atoms with Crippen molar-refractivity contribution in [1.29, 1.82) is 0 Å². The van der Waals surface area contributed by atoms with E-state index in [9.17, 15) is 9.90 Å². The maximum Gasteiger partial charge on any atom is 0.337 e. The Bertz CT molecular complexity index is 457. The summed E-state index contributed by atoms with van der Waals surface area (Å²) in [5.41, 5.74) is 0.855. The Morgan fingerprint density at radius 2 is 2.25 bits per heavy atom. The Kier molecular flexibility index (Phi) is 2.77. The highest BCUT2D eigenvalue weighted by Crippen LogP contribution is 2.43. The van der Waals surface area contributed by atoms with Crippen LogP contribution < -0.4 is 9.47 Å². The van der Waals surface area contributed by atoms with E-state index in [1.807, 2.05) is 0 Å². The number of carboxylic acids is 1. The van der Waals surface area contributed by atoms with E-state index in [4.69, 9.17) is 14.6 Å². The third kappa shape index (κ3) is 1.64. The molecular formula is C10H9BrO5. The van der Waals surface area contributed by atoms with E-state index in [2.05, 4.69) is 15.9 Å². The Hall–Kier alpha value is -1.27. The van der Waals surface area contributed by atoms with Crippen LogP contribution in [0.1, 0.15) is 17.2 Å². The summed E-state index contributed by atoms with van der Waals surface area (Å²) in [6.07, 6.45) is -1.62. The predicted molar refractivity (Wildman–Crippen MR) is 57.6 cm³/mol. The number of ether oxygens (including phenoxy) is 2. The van der Waals surface area contributed by atoms with E-state index in [0.717, 1.165) is 0 Å². The van der Waals surface area contributed by atoms with Gasteiger partial charge in [0.2, 0.25) is 6.79 Å². The summed E-state index contributed by atoms with van der Waals surface area (Å²) >= 11 is 3.28. The summed E-state index contributed by atoms with van der Waals surface area (Å²) in [6, 6.07) is 1.69. The number of aliphatic hydroxyl groups excluding tert-OH is 1. The second-order valence-corrected chi connectivity index (χ2v) is 4.23. The number of rotatable bonds is 2. The van der Waals surface area contributed by atoms with Gasteiger partial charge in [-0.2, -0.15) is 0 Å². The van der Waals surface area contributed by atoms with Gasteiger partial charge in [-0.3, -0.25) is 0 Å². The highest BCUT2D eigenvalue weighted by molar-refractivity contribution is 9.10. The molecule has 86 valence electrons. The highest BCUT2D eigenvalue weighted by Gasteiger charge is 2.29. The number of fused-ring (bicyclic) bond motifs is 1. The van der Waals surface area contributed by atoms with E-state index in [-0.39, 0.29) is 12.4 Å². The van der Waals surface area contributed by atoms with Crippen LogP contribution in [0.25, 0.3) is 0 Å². The zero-order valence-electron chi connectivity index (χ0n) is 8.36. The van der Waals surface area contributed by atoms with Gasteiger partial charge in [0, 0.05) is 10.0 Å². The van der Waals surface area contributed by atoms with Crippen molar-refractivity contribution in [3.05, 3.63) is 21.7 Å². The molecule has 0 aliphatic carbocycles. The summed E-state index contributed by atoms with van der Waals surface area (Å²) in [5.74, 6) is -0.581. The number of halogens is 1. The fraction of sp³-hybridized carbons (Fsp3) is 0.300. The first-order valence-electron chi connectivity index (χ1n) is 4.52. The minimum absolute atomic E-state index is 0.0323. The summed E-state index contributed by atoms with van der Waals surface area (Å²) in [5, 5.41) is 18.4. The van der Waals surface area contributed by atoms with Crippen LogP contribution in [0.4, 0.5) is 0 Å². The van der Waals surface area contributed by atoms with E-state index >= 15 is 0 Å². The molecule has 1 heterocycles. The Morgan fingerprint density at radius 3 is 2.88 bits per heavy atom. The maximum atomic E-state index is 10.8. The van der Waals surface area contributed by atoms with E-state index < -0.39 is 12.1 Å². The Balaban J connectivity index is 2.63. The largest absolute Gasteiger partial charge is 0.479 e. The van der Waals surface area contributed by atoms with Crippen molar-refractivity contribution in [3.63, 3.8) is 0 Å². The standard InChI is InChI=1S/C10H9BrO5/c1-4-5(11)2-6-9(16-3-15-6)7(4)8(12)10(13)14/h2,8,12H,3H2,1H3,(H,13,14). The molecule has 0 aromatic heterocycles. The first-order chi connectivity index (χ1) is 7.52. The molecule has 0 radical (unpaired) electrons. The van der Waals surface area contributed by atoms with E-state index in [0.29, 0.717) is 21.5 Å². The van der Waals surface area contributed by atoms with Crippen LogP contribution in [0, 0.1) is 6.92 Å². The number of carbonyl (C=O) groups is 1. The van der Waals surface area contributed by atoms with Crippen molar-refractivity contribution in [3.8, 4) is 11.5 Å². The lowest BCUT2D eigenvalue weighted by Crippen LogP contribution is -2.13. The van der Waals surface area contributed by atoms with Crippen molar-refractivity contribution in [2.24, 2.45) is 0 Å². The molecule has 2 N–H and O–H groups in total. The molecule has 2 rings (SSSR count). The minimum Gasteiger partial charge on any atom is -0.479 e.